The van der Waals surface area contributed by atoms with Crippen molar-refractivity contribution in [1.82, 2.24) is 5.32 Å². The van der Waals surface area contributed by atoms with Crippen LogP contribution in [-0.4, -0.2) is 37.6 Å². The van der Waals surface area contributed by atoms with Gasteiger partial charge in [0, 0.05) is 17.5 Å². The fraction of sp³-hybridized carbons (Fsp3) is 0.611. The number of nitrogens with zero attached hydrogens (tertiary/aromatic N) is 1. The van der Waals surface area contributed by atoms with Crippen LogP contribution in [0.25, 0.3) is 0 Å². The van der Waals surface area contributed by atoms with Crippen LogP contribution < -0.4 is 5.32 Å². The lowest BCUT2D eigenvalue weighted by Crippen LogP contribution is -2.30. The number of hydrogen-bond donors (Lipinski definition) is 2. The molecule has 0 saturated carbocycles. The highest BCUT2D eigenvalue weighted by molar-refractivity contribution is 5.86. The number of aliphatic hydroxyl groups excluding tert-OH is 1. The van der Waals surface area contributed by atoms with E-state index in [0.29, 0.717) is 18.6 Å². The molecule has 2 N–H and O–H groups in total. The second-order valence-corrected chi connectivity index (χ2v) is 5.72. The Labute approximate surface area is 140 Å². The number of nitrogens with one attached hydrogen (secondary N) is 1. The highest BCUT2D eigenvalue weighted by atomic mass is 16.6. The Kier molecular flexibility index (Phi) is 10.1. The summed E-state index contributed by atoms with van der Waals surface area (Å²) in [4.78, 5) is 5.13. The van der Waals surface area contributed by atoms with E-state index in [-0.39, 0.29) is 17.7 Å². The van der Waals surface area contributed by atoms with E-state index in [1.54, 1.807) is 13.4 Å². The van der Waals surface area contributed by atoms with Crippen LogP contribution in [0.2, 0.25) is 0 Å². The van der Waals surface area contributed by atoms with Crippen LogP contribution in [0.1, 0.15) is 41.0 Å². The maximum Gasteiger partial charge on any atom is 0.118 e. The van der Waals surface area contributed by atoms with Gasteiger partial charge >= 0.3 is 0 Å². The van der Waals surface area contributed by atoms with E-state index < -0.39 is 0 Å². The van der Waals surface area contributed by atoms with Crippen molar-refractivity contribution >= 4 is 5.71 Å². The second kappa shape index (κ2) is 10.9. The number of rotatable bonds is 10. The van der Waals surface area contributed by atoms with Crippen molar-refractivity contribution in [2.45, 2.75) is 47.1 Å². The summed E-state index contributed by atoms with van der Waals surface area (Å²) < 4.78 is 5.22. The number of likely N-dealkylation sites (N-methyl/N-ethyl adjacent to an activating group) is 1. The summed E-state index contributed by atoms with van der Waals surface area (Å²) >= 11 is 0. The third kappa shape index (κ3) is 6.91. The minimum absolute atomic E-state index is 0.0685. The predicted octanol–water partition coefficient (Wildman–Crippen LogP) is 3.95. The van der Waals surface area contributed by atoms with E-state index in [1.807, 2.05) is 34.7 Å². The van der Waals surface area contributed by atoms with Crippen molar-refractivity contribution in [3.63, 3.8) is 0 Å². The molecule has 0 aliphatic heterocycles. The van der Waals surface area contributed by atoms with Gasteiger partial charge in [-0.25, -0.2) is 0 Å². The van der Waals surface area contributed by atoms with Gasteiger partial charge in [0.05, 0.1) is 19.1 Å². The van der Waals surface area contributed by atoms with Crippen molar-refractivity contribution < 1.29 is 14.7 Å². The molecule has 0 heterocycles. The third-order valence-electron chi connectivity index (χ3n) is 3.78. The van der Waals surface area contributed by atoms with Gasteiger partial charge in [0.1, 0.15) is 12.4 Å². The minimum Gasteiger partial charge on any atom is -0.508 e. The molecule has 0 fully saturated rings. The first kappa shape index (κ1) is 21.2. The summed E-state index contributed by atoms with van der Waals surface area (Å²) in [6, 6.07) is -0.0892. The Morgan fingerprint density at radius 1 is 1.35 bits per heavy atom. The van der Waals surface area contributed by atoms with E-state index in [1.165, 1.54) is 0 Å². The number of ether oxygens (including phenoxy) is 1. The Balaban J connectivity index is 5.30. The van der Waals surface area contributed by atoms with Crippen molar-refractivity contribution in [3.05, 3.63) is 35.3 Å². The maximum atomic E-state index is 10.1. The molecule has 0 aromatic carbocycles. The number of aliphatic hydroxyl groups is 1. The average Bonchev–Trinajstić information content (AvgIpc) is 2.54. The lowest BCUT2D eigenvalue weighted by atomic mass is 9.89. The summed E-state index contributed by atoms with van der Waals surface area (Å²) in [5.41, 5.74) is 3.44. The Bertz CT molecular complexity index is 475. The third-order valence-corrected chi connectivity index (χ3v) is 3.78. The van der Waals surface area contributed by atoms with Crippen LogP contribution in [0.5, 0.6) is 0 Å². The van der Waals surface area contributed by atoms with Gasteiger partial charge in [0.25, 0.3) is 0 Å². The monoisotopic (exact) mass is 324 g/mol. The number of methoxy groups -OCH3 is 1. The quantitative estimate of drug-likeness (QED) is 0.276. The van der Waals surface area contributed by atoms with Crippen LogP contribution in [0.3, 0.4) is 0 Å². The molecule has 0 amide bonds. The Morgan fingerprint density at radius 2 is 1.96 bits per heavy atom. The molecule has 0 bridgehead atoms. The topological polar surface area (TPSA) is 63.1 Å². The van der Waals surface area contributed by atoms with E-state index in [9.17, 15) is 5.11 Å². The van der Waals surface area contributed by atoms with Gasteiger partial charge in [0.15, 0.2) is 0 Å². The van der Waals surface area contributed by atoms with Crippen LogP contribution in [0.4, 0.5) is 0 Å². The molecule has 5 nitrogen and oxygen atoms in total. The molecule has 0 aromatic rings. The molecule has 132 valence electrons. The van der Waals surface area contributed by atoms with Crippen LogP contribution in [0.15, 0.2) is 40.5 Å². The second-order valence-electron chi connectivity index (χ2n) is 5.72. The summed E-state index contributed by atoms with van der Waals surface area (Å²) in [5.74, 6) is 0.312. The molecule has 0 spiro atoms. The van der Waals surface area contributed by atoms with Crippen LogP contribution >= 0.6 is 0 Å². The molecule has 5 heteroatoms. The molecule has 0 saturated heterocycles. The number of hydrogen-bond acceptors (Lipinski definition) is 5. The lowest BCUT2D eigenvalue weighted by Gasteiger charge is -2.23. The standard InChI is InChI=1S/C18H32N2O3/c1-9-23-20-15(6)13(4)16(11-22-8)10-17(19-7)14(5)18(21)12(2)3/h11,13,17,19,21H,5,9-10H2,1-4,6-8H3. The maximum absolute atomic E-state index is 10.1. The molecule has 0 radical (unpaired) electrons. The normalized spacial score (nSPS) is 14.9. The molecular weight excluding hydrogens is 292 g/mol. The van der Waals surface area contributed by atoms with Crippen molar-refractivity contribution in [2.24, 2.45) is 11.1 Å². The smallest absolute Gasteiger partial charge is 0.118 e. The molecule has 0 aliphatic rings. The number of allylic oxidation sites excluding steroid dienone is 1. The van der Waals surface area contributed by atoms with Gasteiger partial charge < -0.3 is 20.0 Å². The van der Waals surface area contributed by atoms with Crippen LogP contribution in [-0.2, 0) is 9.57 Å². The Morgan fingerprint density at radius 3 is 2.39 bits per heavy atom. The highest BCUT2D eigenvalue weighted by Crippen LogP contribution is 2.24. The zero-order valence-electron chi connectivity index (χ0n) is 15.6. The first-order valence-electron chi connectivity index (χ1n) is 7.91. The SMILES string of the molecule is C=C(C(O)=C(C)C)C(CC(=COC)C(C)C(C)=NOCC)NC. The van der Waals surface area contributed by atoms with Crippen molar-refractivity contribution in [2.75, 3.05) is 20.8 Å². The zero-order valence-corrected chi connectivity index (χ0v) is 15.6. The Hall–Kier alpha value is -1.75. The fourth-order valence-corrected chi connectivity index (χ4v) is 2.11. The largest absolute Gasteiger partial charge is 0.508 e. The van der Waals surface area contributed by atoms with E-state index in [0.717, 1.165) is 16.9 Å². The highest BCUT2D eigenvalue weighted by Gasteiger charge is 2.21. The van der Waals surface area contributed by atoms with Crippen molar-refractivity contribution in [1.29, 1.82) is 0 Å². The number of oxime groups is 1. The van der Waals surface area contributed by atoms with Gasteiger partial charge in [-0.1, -0.05) is 18.7 Å². The van der Waals surface area contributed by atoms with Gasteiger partial charge in [0.2, 0.25) is 0 Å². The first-order valence-corrected chi connectivity index (χ1v) is 7.91. The average molecular weight is 324 g/mol. The molecule has 23 heavy (non-hydrogen) atoms. The van der Waals surface area contributed by atoms with E-state index >= 15 is 0 Å². The zero-order chi connectivity index (χ0) is 18.0. The first-order chi connectivity index (χ1) is 10.8. The van der Waals surface area contributed by atoms with Gasteiger partial charge in [-0.2, -0.15) is 0 Å². The molecule has 2 atom stereocenters. The predicted molar refractivity (Wildman–Crippen MR) is 96.6 cm³/mol. The van der Waals surface area contributed by atoms with Crippen molar-refractivity contribution in [3.8, 4) is 0 Å². The van der Waals surface area contributed by atoms with E-state index in [2.05, 4.69) is 24.0 Å². The van der Waals surface area contributed by atoms with Gasteiger partial charge in [-0.05, 0) is 52.3 Å². The summed E-state index contributed by atoms with van der Waals surface area (Å²) in [6.07, 6.45) is 2.38. The van der Waals surface area contributed by atoms with Gasteiger partial charge in [-0.15, -0.1) is 0 Å². The summed E-state index contributed by atoms with van der Waals surface area (Å²) in [6.45, 7) is 14.2. The minimum atomic E-state index is -0.0892. The lowest BCUT2D eigenvalue weighted by molar-refractivity contribution is 0.157. The summed E-state index contributed by atoms with van der Waals surface area (Å²) in [7, 11) is 3.48. The van der Waals surface area contributed by atoms with E-state index in [4.69, 9.17) is 9.57 Å². The van der Waals surface area contributed by atoms with Crippen LogP contribution in [0, 0.1) is 5.92 Å². The molecule has 0 aromatic heterocycles. The summed E-state index contributed by atoms with van der Waals surface area (Å²) in [5, 5.41) is 17.5. The molecule has 0 rings (SSSR count). The molecule has 2 unspecified atom stereocenters. The van der Waals surface area contributed by atoms with Gasteiger partial charge in [-0.3, -0.25) is 0 Å². The fourth-order valence-electron chi connectivity index (χ4n) is 2.11. The molecule has 0 aliphatic carbocycles. The molecular formula is C18H32N2O3.